The molecule has 1 heterocycles. The van der Waals surface area contributed by atoms with Gasteiger partial charge in [0.1, 0.15) is 0 Å². The van der Waals surface area contributed by atoms with Crippen molar-refractivity contribution in [3.8, 4) is 0 Å². The second-order valence-corrected chi connectivity index (χ2v) is 7.42. The van der Waals surface area contributed by atoms with Gasteiger partial charge in [0, 0.05) is 13.1 Å². The van der Waals surface area contributed by atoms with E-state index >= 15 is 0 Å². The van der Waals surface area contributed by atoms with Crippen LogP contribution in [0.25, 0.3) is 0 Å². The summed E-state index contributed by atoms with van der Waals surface area (Å²) in [5, 5.41) is 3.33. The number of halogens is 1. The van der Waals surface area contributed by atoms with E-state index in [1.165, 1.54) is 0 Å². The maximum absolute atomic E-state index is 12.3. The van der Waals surface area contributed by atoms with Crippen LogP contribution in [0.15, 0.2) is 29.2 Å². The number of hydrogen-bond donors (Lipinski definition) is 2. The molecule has 0 amide bonds. The summed E-state index contributed by atoms with van der Waals surface area (Å²) in [7, 11) is -3.41. The van der Waals surface area contributed by atoms with Gasteiger partial charge >= 0.3 is 0 Å². The fraction of sp³-hybridized carbons (Fsp3) is 0.571. The third-order valence-electron chi connectivity index (χ3n) is 3.76. The van der Waals surface area contributed by atoms with E-state index in [4.69, 9.17) is 0 Å². The Kier molecular flexibility index (Phi) is 6.01. The first-order chi connectivity index (χ1) is 8.93. The summed E-state index contributed by atoms with van der Waals surface area (Å²) in [6, 6.07) is 7.07. The minimum Gasteiger partial charge on any atom is -0.316 e. The van der Waals surface area contributed by atoms with Crippen molar-refractivity contribution in [3.05, 3.63) is 29.8 Å². The highest BCUT2D eigenvalue weighted by atomic mass is 35.5. The Bertz CT molecular complexity index is 540. The van der Waals surface area contributed by atoms with Crippen LogP contribution in [0.5, 0.6) is 0 Å². The lowest BCUT2D eigenvalue weighted by molar-refractivity contribution is 0.238. The predicted octanol–water partition coefficient (Wildman–Crippen LogP) is 2.08. The van der Waals surface area contributed by atoms with Crippen LogP contribution >= 0.6 is 12.4 Å². The Morgan fingerprint density at radius 1 is 1.35 bits per heavy atom. The molecule has 1 aliphatic heterocycles. The quantitative estimate of drug-likeness (QED) is 0.893. The minimum absolute atomic E-state index is 0. The van der Waals surface area contributed by atoms with Gasteiger partial charge in [-0.05, 0) is 43.4 Å². The lowest BCUT2D eigenvalue weighted by Gasteiger charge is -2.34. The number of hydrogen-bond acceptors (Lipinski definition) is 3. The minimum atomic E-state index is -3.41. The van der Waals surface area contributed by atoms with Crippen LogP contribution in [0.2, 0.25) is 0 Å². The highest BCUT2D eigenvalue weighted by molar-refractivity contribution is 7.89. The fourth-order valence-corrected chi connectivity index (χ4v) is 3.92. The third-order valence-corrected chi connectivity index (χ3v) is 5.32. The highest BCUT2D eigenvalue weighted by Crippen LogP contribution is 2.25. The summed E-state index contributed by atoms with van der Waals surface area (Å²) in [5.41, 5.74) is 0.787. The van der Waals surface area contributed by atoms with Crippen LogP contribution in [-0.2, 0) is 10.0 Å². The van der Waals surface area contributed by atoms with E-state index in [9.17, 15) is 8.42 Å². The van der Waals surface area contributed by atoms with E-state index in [2.05, 4.69) is 17.0 Å². The summed E-state index contributed by atoms with van der Waals surface area (Å²) in [5.74, 6) is 0. The molecular weight excluding hydrogens is 296 g/mol. The average molecular weight is 319 g/mol. The van der Waals surface area contributed by atoms with Crippen molar-refractivity contribution in [1.82, 2.24) is 10.0 Å². The Labute approximate surface area is 127 Å². The molecule has 1 atom stereocenters. The van der Waals surface area contributed by atoms with Gasteiger partial charge in [0.05, 0.1) is 4.90 Å². The molecule has 0 bridgehead atoms. The van der Waals surface area contributed by atoms with Gasteiger partial charge in [0.25, 0.3) is 0 Å². The number of piperidine rings is 1. The first-order valence-electron chi connectivity index (χ1n) is 6.69. The predicted molar refractivity (Wildman–Crippen MR) is 83.8 cm³/mol. The van der Waals surface area contributed by atoms with Crippen LogP contribution in [0.3, 0.4) is 0 Å². The Morgan fingerprint density at radius 2 is 2.05 bits per heavy atom. The van der Waals surface area contributed by atoms with E-state index in [-0.39, 0.29) is 17.8 Å². The van der Waals surface area contributed by atoms with E-state index in [0.29, 0.717) is 11.4 Å². The van der Waals surface area contributed by atoms with Gasteiger partial charge in [-0.25, -0.2) is 13.1 Å². The molecule has 0 aromatic heterocycles. The number of benzene rings is 1. The summed E-state index contributed by atoms with van der Waals surface area (Å²) >= 11 is 0. The Morgan fingerprint density at radius 3 is 2.65 bits per heavy atom. The summed E-state index contributed by atoms with van der Waals surface area (Å²) in [6.45, 7) is 6.32. The molecule has 2 rings (SSSR count). The van der Waals surface area contributed by atoms with Gasteiger partial charge < -0.3 is 5.32 Å². The van der Waals surface area contributed by atoms with Gasteiger partial charge in [0.15, 0.2) is 0 Å². The van der Waals surface area contributed by atoms with Crippen molar-refractivity contribution in [3.63, 3.8) is 0 Å². The molecule has 1 aliphatic rings. The molecule has 1 aromatic carbocycles. The van der Waals surface area contributed by atoms with E-state index in [1.54, 1.807) is 12.1 Å². The molecule has 20 heavy (non-hydrogen) atoms. The first kappa shape index (κ1) is 17.4. The van der Waals surface area contributed by atoms with Gasteiger partial charge in [-0.2, -0.15) is 0 Å². The molecule has 0 radical (unpaired) electrons. The molecule has 1 unspecified atom stereocenters. The van der Waals surface area contributed by atoms with Crippen molar-refractivity contribution in [2.45, 2.75) is 31.6 Å². The molecule has 0 saturated carbocycles. The van der Waals surface area contributed by atoms with Crippen LogP contribution in [-0.4, -0.2) is 28.1 Å². The van der Waals surface area contributed by atoms with Crippen LogP contribution in [0.1, 0.15) is 25.3 Å². The zero-order chi connectivity index (χ0) is 13.9. The third kappa shape index (κ3) is 4.19. The second kappa shape index (κ2) is 6.89. The molecule has 0 aliphatic carbocycles. The highest BCUT2D eigenvalue weighted by Gasteiger charge is 2.29. The number of nitrogens with one attached hydrogen (secondary N) is 2. The lowest BCUT2D eigenvalue weighted by atomic mass is 9.83. The van der Waals surface area contributed by atoms with Crippen LogP contribution in [0.4, 0.5) is 0 Å². The zero-order valence-corrected chi connectivity index (χ0v) is 13.6. The SMILES string of the molecule is Cc1ccccc1S(=O)(=O)NCC1(C)CCCNC1.Cl. The second-order valence-electron chi connectivity index (χ2n) is 5.68. The van der Waals surface area contributed by atoms with E-state index in [0.717, 1.165) is 31.5 Å². The van der Waals surface area contributed by atoms with Crippen molar-refractivity contribution in [2.24, 2.45) is 5.41 Å². The van der Waals surface area contributed by atoms with Crippen molar-refractivity contribution in [1.29, 1.82) is 0 Å². The van der Waals surface area contributed by atoms with Gasteiger partial charge in [-0.3, -0.25) is 0 Å². The number of sulfonamides is 1. The van der Waals surface area contributed by atoms with E-state index < -0.39 is 10.0 Å². The summed E-state index contributed by atoms with van der Waals surface area (Å²) < 4.78 is 27.4. The van der Waals surface area contributed by atoms with Crippen LogP contribution < -0.4 is 10.0 Å². The first-order valence-corrected chi connectivity index (χ1v) is 8.17. The molecule has 114 valence electrons. The molecule has 0 spiro atoms. The number of rotatable bonds is 4. The average Bonchev–Trinajstić information content (AvgIpc) is 2.38. The van der Waals surface area contributed by atoms with Crippen molar-refractivity contribution < 1.29 is 8.42 Å². The molecule has 1 saturated heterocycles. The summed E-state index contributed by atoms with van der Waals surface area (Å²) in [6.07, 6.45) is 2.15. The van der Waals surface area contributed by atoms with Crippen molar-refractivity contribution in [2.75, 3.05) is 19.6 Å². The maximum atomic E-state index is 12.3. The molecule has 2 N–H and O–H groups in total. The Hall–Kier alpha value is -0.620. The summed E-state index contributed by atoms with van der Waals surface area (Å²) in [4.78, 5) is 0.377. The Balaban J connectivity index is 0.00000200. The molecule has 4 nitrogen and oxygen atoms in total. The van der Waals surface area contributed by atoms with Gasteiger partial charge in [-0.15, -0.1) is 12.4 Å². The normalized spacial score (nSPS) is 23.1. The zero-order valence-electron chi connectivity index (χ0n) is 12.0. The fourth-order valence-electron chi connectivity index (χ4n) is 2.47. The molecule has 6 heteroatoms. The van der Waals surface area contributed by atoms with Crippen LogP contribution in [0, 0.1) is 12.3 Å². The van der Waals surface area contributed by atoms with Gasteiger partial charge in [0.2, 0.25) is 10.0 Å². The van der Waals surface area contributed by atoms with Gasteiger partial charge in [-0.1, -0.05) is 25.1 Å². The molecule has 1 fully saturated rings. The molecule has 1 aromatic rings. The smallest absolute Gasteiger partial charge is 0.240 e. The maximum Gasteiger partial charge on any atom is 0.240 e. The lowest BCUT2D eigenvalue weighted by Crippen LogP contribution is -2.45. The monoisotopic (exact) mass is 318 g/mol. The standard InChI is InChI=1S/C14H22N2O2S.ClH/c1-12-6-3-4-7-13(12)19(17,18)16-11-14(2)8-5-9-15-10-14;/h3-4,6-7,15-16H,5,8-11H2,1-2H3;1H. The number of aryl methyl sites for hydroxylation is 1. The van der Waals surface area contributed by atoms with Crippen molar-refractivity contribution >= 4 is 22.4 Å². The largest absolute Gasteiger partial charge is 0.316 e. The molecular formula is C14H23ClN2O2S. The topological polar surface area (TPSA) is 58.2 Å². The van der Waals surface area contributed by atoms with E-state index in [1.807, 2.05) is 19.1 Å².